The second-order valence-corrected chi connectivity index (χ2v) is 3.92. The van der Waals surface area contributed by atoms with Gasteiger partial charge in [0, 0.05) is 24.6 Å². The molecule has 0 unspecified atom stereocenters. The molecule has 1 aromatic carbocycles. The van der Waals surface area contributed by atoms with E-state index in [4.69, 9.17) is 15.8 Å². The molecule has 9 nitrogen and oxygen atoms in total. The van der Waals surface area contributed by atoms with E-state index in [1.807, 2.05) is 0 Å². The summed E-state index contributed by atoms with van der Waals surface area (Å²) in [6.07, 6.45) is -0.266. The Morgan fingerprint density at radius 3 is 2.50 bits per heavy atom. The number of amides is 2. The number of anilines is 1. The van der Waals surface area contributed by atoms with Crippen LogP contribution >= 0.6 is 0 Å². The highest BCUT2D eigenvalue weighted by molar-refractivity contribution is 6.60. The van der Waals surface area contributed by atoms with Crippen molar-refractivity contribution >= 4 is 35.8 Å². The minimum Gasteiger partial charge on any atom is -0.423 e. The summed E-state index contributed by atoms with van der Waals surface area (Å²) in [6.45, 7) is 0. The molecule has 1 rings (SSSR count). The summed E-state index contributed by atoms with van der Waals surface area (Å²) >= 11 is 0. The fourth-order valence-corrected chi connectivity index (χ4v) is 1.47. The third-order valence-electron chi connectivity index (χ3n) is 2.38. The molecule has 106 valence electrons. The molecule has 0 saturated heterocycles. The third kappa shape index (κ3) is 4.33. The number of carbonyl (C=O) groups excluding carboxylic acids is 2. The lowest BCUT2D eigenvalue weighted by atomic mass is 9.79. The number of nitrogens with zero attached hydrogens (tertiary/aromatic N) is 1. The van der Waals surface area contributed by atoms with Gasteiger partial charge in [0.05, 0.1) is 10.4 Å². The Balaban J connectivity index is 2.87. The number of primary amides is 1. The Hall–Kier alpha value is -2.46. The summed E-state index contributed by atoms with van der Waals surface area (Å²) in [4.78, 5) is 31.9. The number of rotatable bonds is 6. The van der Waals surface area contributed by atoms with Gasteiger partial charge in [0.25, 0.3) is 5.69 Å². The zero-order chi connectivity index (χ0) is 15.3. The average Bonchev–Trinajstić information content (AvgIpc) is 2.35. The van der Waals surface area contributed by atoms with E-state index < -0.39 is 29.5 Å². The van der Waals surface area contributed by atoms with E-state index in [9.17, 15) is 19.7 Å². The molecule has 0 heterocycles. The Kier molecular flexibility index (Phi) is 5.18. The topological polar surface area (TPSA) is 156 Å². The van der Waals surface area contributed by atoms with Gasteiger partial charge in [-0.3, -0.25) is 19.7 Å². The number of nitrogens with two attached hydrogens (primary N) is 1. The Morgan fingerprint density at radius 1 is 1.35 bits per heavy atom. The highest BCUT2D eigenvalue weighted by Crippen LogP contribution is 2.14. The van der Waals surface area contributed by atoms with Crippen LogP contribution in [0.1, 0.15) is 12.8 Å². The van der Waals surface area contributed by atoms with E-state index in [0.29, 0.717) is 0 Å². The SMILES string of the molecule is NC(=O)CCC(=O)Nc1ccc([N+](=O)[O-])c(B(O)O)c1. The maximum atomic E-state index is 11.4. The molecule has 0 atom stereocenters. The number of hydrogen-bond donors (Lipinski definition) is 4. The molecule has 0 aromatic heterocycles. The standard InChI is InChI=1S/C10H12BN3O6/c12-9(15)3-4-10(16)13-6-1-2-8(14(19)20)7(5-6)11(17)18/h1-2,5,17-18H,3-4H2,(H2,12,15)(H,13,16). The van der Waals surface area contributed by atoms with E-state index in [0.717, 1.165) is 12.1 Å². The first-order chi connectivity index (χ1) is 9.31. The van der Waals surface area contributed by atoms with Crippen LogP contribution in [0.4, 0.5) is 11.4 Å². The zero-order valence-electron chi connectivity index (χ0n) is 10.3. The first-order valence-electron chi connectivity index (χ1n) is 5.54. The maximum Gasteiger partial charge on any atom is 0.495 e. The van der Waals surface area contributed by atoms with Crippen molar-refractivity contribution in [2.24, 2.45) is 5.73 Å². The number of carbonyl (C=O) groups is 2. The minimum absolute atomic E-state index is 0.131. The monoisotopic (exact) mass is 281 g/mol. The minimum atomic E-state index is -2.04. The average molecular weight is 281 g/mol. The van der Waals surface area contributed by atoms with Crippen LogP contribution in [0.2, 0.25) is 0 Å². The second kappa shape index (κ2) is 6.64. The van der Waals surface area contributed by atoms with E-state index in [-0.39, 0.29) is 24.0 Å². The van der Waals surface area contributed by atoms with Crippen LogP contribution in [0.25, 0.3) is 0 Å². The molecule has 2 amide bonds. The quantitative estimate of drug-likeness (QED) is 0.282. The van der Waals surface area contributed by atoms with Gasteiger partial charge >= 0.3 is 7.12 Å². The third-order valence-corrected chi connectivity index (χ3v) is 2.38. The summed E-state index contributed by atoms with van der Waals surface area (Å²) in [6, 6.07) is 3.36. The van der Waals surface area contributed by atoms with Gasteiger partial charge in [-0.15, -0.1) is 0 Å². The molecule has 0 fully saturated rings. The van der Waals surface area contributed by atoms with Gasteiger partial charge < -0.3 is 21.1 Å². The Labute approximate surface area is 113 Å². The zero-order valence-corrected chi connectivity index (χ0v) is 10.3. The van der Waals surface area contributed by atoms with E-state index in [1.54, 1.807) is 0 Å². The summed E-state index contributed by atoms with van der Waals surface area (Å²) in [7, 11) is -2.04. The number of nitro groups is 1. The number of nitrogens with one attached hydrogen (secondary N) is 1. The Bertz CT molecular complexity index is 548. The largest absolute Gasteiger partial charge is 0.495 e. The molecular formula is C10H12BN3O6. The first kappa shape index (κ1) is 15.6. The molecular weight excluding hydrogens is 269 g/mol. The molecule has 0 aliphatic rings. The number of nitro benzene ring substituents is 1. The van der Waals surface area contributed by atoms with Gasteiger partial charge in [-0.2, -0.15) is 0 Å². The summed E-state index contributed by atoms with van der Waals surface area (Å²) < 4.78 is 0. The number of benzene rings is 1. The van der Waals surface area contributed by atoms with Crippen molar-refractivity contribution in [3.8, 4) is 0 Å². The van der Waals surface area contributed by atoms with Gasteiger partial charge in [0.1, 0.15) is 0 Å². The second-order valence-electron chi connectivity index (χ2n) is 3.92. The van der Waals surface area contributed by atoms with Crippen molar-refractivity contribution < 1.29 is 24.6 Å². The van der Waals surface area contributed by atoms with Crippen LogP contribution in [-0.2, 0) is 9.59 Å². The molecule has 0 aliphatic carbocycles. The number of hydrogen-bond acceptors (Lipinski definition) is 6. The van der Waals surface area contributed by atoms with E-state index in [1.165, 1.54) is 6.07 Å². The van der Waals surface area contributed by atoms with Gasteiger partial charge in [0.2, 0.25) is 11.8 Å². The van der Waals surface area contributed by atoms with Crippen LogP contribution in [0, 0.1) is 10.1 Å². The van der Waals surface area contributed by atoms with Crippen molar-refractivity contribution in [3.63, 3.8) is 0 Å². The lowest BCUT2D eigenvalue weighted by Crippen LogP contribution is -2.32. The van der Waals surface area contributed by atoms with Gasteiger partial charge in [-0.05, 0) is 12.1 Å². The van der Waals surface area contributed by atoms with Crippen molar-refractivity contribution in [1.29, 1.82) is 0 Å². The fraction of sp³-hybridized carbons (Fsp3) is 0.200. The molecule has 20 heavy (non-hydrogen) atoms. The van der Waals surface area contributed by atoms with Crippen LogP contribution in [0.3, 0.4) is 0 Å². The maximum absolute atomic E-state index is 11.4. The lowest BCUT2D eigenvalue weighted by molar-refractivity contribution is -0.383. The summed E-state index contributed by atoms with van der Waals surface area (Å²) in [5.41, 5.74) is 4.22. The fourth-order valence-electron chi connectivity index (χ4n) is 1.47. The molecule has 10 heteroatoms. The van der Waals surface area contributed by atoms with Crippen LogP contribution in [0.15, 0.2) is 18.2 Å². The molecule has 0 bridgehead atoms. The molecule has 1 aromatic rings. The van der Waals surface area contributed by atoms with E-state index in [2.05, 4.69) is 5.32 Å². The van der Waals surface area contributed by atoms with Gasteiger partial charge in [-0.25, -0.2) is 0 Å². The Morgan fingerprint density at radius 2 is 2.00 bits per heavy atom. The van der Waals surface area contributed by atoms with Crippen LogP contribution in [0.5, 0.6) is 0 Å². The predicted octanol–water partition coefficient (Wildman–Crippen LogP) is -1.52. The predicted molar refractivity (Wildman–Crippen MR) is 70.0 cm³/mol. The van der Waals surface area contributed by atoms with Crippen LogP contribution in [-0.4, -0.2) is 33.9 Å². The highest BCUT2D eigenvalue weighted by atomic mass is 16.6. The van der Waals surface area contributed by atoms with Gasteiger partial charge in [0.15, 0.2) is 0 Å². The summed E-state index contributed by atoms with van der Waals surface area (Å²) in [5, 5.41) is 31.2. The van der Waals surface area contributed by atoms with Crippen molar-refractivity contribution in [3.05, 3.63) is 28.3 Å². The lowest BCUT2D eigenvalue weighted by Gasteiger charge is -2.07. The normalized spacial score (nSPS) is 9.90. The van der Waals surface area contributed by atoms with Crippen LogP contribution < -0.4 is 16.5 Å². The molecule has 0 radical (unpaired) electrons. The van der Waals surface area contributed by atoms with Crippen molar-refractivity contribution in [2.75, 3.05) is 5.32 Å². The molecule has 5 N–H and O–H groups in total. The van der Waals surface area contributed by atoms with Crippen molar-refractivity contribution in [1.82, 2.24) is 0 Å². The molecule has 0 spiro atoms. The van der Waals surface area contributed by atoms with Gasteiger partial charge in [-0.1, -0.05) is 0 Å². The highest BCUT2D eigenvalue weighted by Gasteiger charge is 2.24. The van der Waals surface area contributed by atoms with Crippen molar-refractivity contribution in [2.45, 2.75) is 12.8 Å². The van der Waals surface area contributed by atoms with E-state index >= 15 is 0 Å². The first-order valence-corrected chi connectivity index (χ1v) is 5.54. The molecule has 0 saturated carbocycles. The smallest absolute Gasteiger partial charge is 0.423 e. The molecule has 0 aliphatic heterocycles. The summed E-state index contributed by atoms with van der Waals surface area (Å²) in [5.74, 6) is -1.15.